The molecule has 15 heavy (non-hydrogen) atoms. The predicted molar refractivity (Wildman–Crippen MR) is 53.9 cm³/mol. The highest BCUT2D eigenvalue weighted by Crippen LogP contribution is 2.09. The fourth-order valence-corrected chi connectivity index (χ4v) is 1.35. The molecule has 0 radical (unpaired) electrons. The van der Waals surface area contributed by atoms with E-state index in [4.69, 9.17) is 5.11 Å². The average Bonchev–Trinajstić information content (AvgIpc) is 2.23. The highest BCUT2D eigenvalue weighted by molar-refractivity contribution is 5.88. The zero-order valence-corrected chi connectivity index (χ0v) is 7.97. The second kappa shape index (κ2) is 3.20. The molecule has 0 fully saturated rings. The van der Waals surface area contributed by atoms with Crippen molar-refractivity contribution < 1.29 is 9.90 Å². The van der Waals surface area contributed by atoms with Crippen molar-refractivity contribution in [2.75, 3.05) is 0 Å². The fourth-order valence-electron chi connectivity index (χ4n) is 1.35. The van der Waals surface area contributed by atoms with E-state index in [1.807, 2.05) is 0 Å². The maximum absolute atomic E-state index is 11.3. The van der Waals surface area contributed by atoms with Crippen LogP contribution in [0.3, 0.4) is 0 Å². The molecule has 0 aromatic carbocycles. The van der Waals surface area contributed by atoms with Gasteiger partial charge in [-0.15, -0.1) is 0 Å². The lowest BCUT2D eigenvalue weighted by Gasteiger charge is -2.03. The Morgan fingerprint density at radius 2 is 2.00 bits per heavy atom. The minimum Gasteiger partial charge on any atom is -0.477 e. The summed E-state index contributed by atoms with van der Waals surface area (Å²) in [6.07, 6.45) is 0. The maximum atomic E-state index is 11.3. The summed E-state index contributed by atoms with van der Waals surface area (Å²) < 4.78 is 1.32. The van der Waals surface area contributed by atoms with Crippen LogP contribution in [0, 0.1) is 0 Å². The summed E-state index contributed by atoms with van der Waals surface area (Å²) in [5.74, 6) is -1.10. The molecule has 2 aromatic rings. The third-order valence-corrected chi connectivity index (χ3v) is 2.18. The number of hydrogen-bond donors (Lipinski definition) is 1. The van der Waals surface area contributed by atoms with Crippen LogP contribution in [0.2, 0.25) is 0 Å². The largest absolute Gasteiger partial charge is 0.477 e. The molecule has 0 aliphatic heterocycles. The molecular formula is C10H8N2O3. The van der Waals surface area contributed by atoms with Gasteiger partial charge < -0.3 is 5.11 Å². The number of nitrogens with zero attached hydrogens (tertiary/aromatic N) is 2. The van der Waals surface area contributed by atoms with Gasteiger partial charge in [-0.1, -0.05) is 0 Å². The molecule has 5 heteroatoms. The summed E-state index contributed by atoms with van der Waals surface area (Å²) in [6.45, 7) is 0. The molecular weight excluding hydrogens is 196 g/mol. The number of hydrogen-bond acceptors (Lipinski definition) is 3. The highest BCUT2D eigenvalue weighted by atomic mass is 16.4. The van der Waals surface area contributed by atoms with Crippen LogP contribution in [0.25, 0.3) is 11.0 Å². The molecule has 2 rings (SSSR count). The maximum Gasteiger partial charge on any atom is 0.354 e. The topological polar surface area (TPSA) is 72.2 Å². The van der Waals surface area contributed by atoms with E-state index in [9.17, 15) is 9.59 Å². The first kappa shape index (κ1) is 9.39. The molecule has 0 saturated carbocycles. The Morgan fingerprint density at radius 1 is 1.33 bits per heavy atom. The van der Waals surface area contributed by atoms with Gasteiger partial charge in [0, 0.05) is 18.5 Å². The van der Waals surface area contributed by atoms with Gasteiger partial charge in [-0.25, -0.2) is 9.78 Å². The number of aromatic carboxylic acids is 1. The van der Waals surface area contributed by atoms with E-state index in [0.29, 0.717) is 5.65 Å². The predicted octanol–water partition coefficient (Wildman–Crippen LogP) is 0.632. The number of aryl methyl sites for hydroxylation is 1. The average molecular weight is 204 g/mol. The van der Waals surface area contributed by atoms with Crippen LogP contribution in [-0.2, 0) is 7.05 Å². The van der Waals surface area contributed by atoms with Gasteiger partial charge in [-0.05, 0) is 18.2 Å². The molecule has 0 amide bonds. The number of pyridine rings is 2. The monoisotopic (exact) mass is 204 g/mol. The Bertz CT molecular complexity index is 601. The first-order valence-electron chi connectivity index (χ1n) is 4.29. The van der Waals surface area contributed by atoms with Gasteiger partial charge in [0.1, 0.15) is 5.65 Å². The third kappa shape index (κ3) is 1.48. The van der Waals surface area contributed by atoms with Crippen LogP contribution in [0.1, 0.15) is 10.5 Å². The van der Waals surface area contributed by atoms with Crippen molar-refractivity contribution in [1.82, 2.24) is 9.55 Å². The van der Waals surface area contributed by atoms with E-state index in [2.05, 4.69) is 4.98 Å². The number of carboxylic acids is 1. The van der Waals surface area contributed by atoms with Crippen LogP contribution in [0.15, 0.2) is 29.1 Å². The normalized spacial score (nSPS) is 10.5. The minimum atomic E-state index is -1.10. The Kier molecular flexibility index (Phi) is 2.00. The number of rotatable bonds is 1. The number of carbonyl (C=O) groups is 1. The lowest BCUT2D eigenvalue weighted by atomic mass is 10.2. The Hall–Kier alpha value is -2.17. The van der Waals surface area contributed by atoms with Crippen molar-refractivity contribution in [1.29, 1.82) is 0 Å². The highest BCUT2D eigenvalue weighted by Gasteiger charge is 2.07. The van der Waals surface area contributed by atoms with E-state index in [1.165, 1.54) is 16.7 Å². The Labute approximate surface area is 84.6 Å². The third-order valence-electron chi connectivity index (χ3n) is 2.18. The quantitative estimate of drug-likeness (QED) is 0.739. The molecule has 0 unspecified atom stereocenters. The van der Waals surface area contributed by atoms with Gasteiger partial charge in [0.2, 0.25) is 0 Å². The van der Waals surface area contributed by atoms with Gasteiger partial charge >= 0.3 is 5.97 Å². The summed E-state index contributed by atoms with van der Waals surface area (Å²) in [6, 6.07) is 6.08. The summed E-state index contributed by atoms with van der Waals surface area (Å²) >= 11 is 0. The van der Waals surface area contributed by atoms with E-state index in [1.54, 1.807) is 19.2 Å². The van der Waals surface area contributed by atoms with Crippen molar-refractivity contribution in [3.8, 4) is 0 Å². The van der Waals surface area contributed by atoms with Gasteiger partial charge in [0.15, 0.2) is 5.69 Å². The zero-order valence-electron chi connectivity index (χ0n) is 7.97. The van der Waals surface area contributed by atoms with E-state index >= 15 is 0 Å². The fraction of sp³-hybridized carbons (Fsp3) is 0.100. The molecule has 5 nitrogen and oxygen atoms in total. The molecule has 0 atom stereocenters. The van der Waals surface area contributed by atoms with Gasteiger partial charge in [-0.3, -0.25) is 9.36 Å². The standard InChI is InChI=1S/C10H8N2O3/c1-12-8(13)5-3-6-2-4-7(10(14)15)11-9(6)12/h2-5H,1H3,(H,14,15). The van der Waals surface area contributed by atoms with Crippen molar-refractivity contribution >= 4 is 17.0 Å². The molecule has 2 heterocycles. The lowest BCUT2D eigenvalue weighted by Crippen LogP contribution is -2.16. The Balaban J connectivity index is 2.85. The molecule has 0 bridgehead atoms. The summed E-state index contributed by atoms with van der Waals surface area (Å²) in [5.41, 5.74) is 0.101. The lowest BCUT2D eigenvalue weighted by molar-refractivity contribution is 0.0691. The van der Waals surface area contributed by atoms with Crippen molar-refractivity contribution in [2.45, 2.75) is 0 Å². The first-order chi connectivity index (χ1) is 7.09. The molecule has 0 aliphatic rings. The number of carboxylic acid groups (broad SMARTS) is 1. The number of aromatic nitrogens is 2. The molecule has 0 aliphatic carbocycles. The summed E-state index contributed by atoms with van der Waals surface area (Å²) in [5, 5.41) is 9.49. The van der Waals surface area contributed by atoms with Crippen LogP contribution >= 0.6 is 0 Å². The van der Waals surface area contributed by atoms with E-state index < -0.39 is 5.97 Å². The van der Waals surface area contributed by atoms with Crippen LogP contribution in [0.5, 0.6) is 0 Å². The van der Waals surface area contributed by atoms with Crippen molar-refractivity contribution in [3.05, 3.63) is 40.3 Å². The molecule has 2 aromatic heterocycles. The van der Waals surface area contributed by atoms with Gasteiger partial charge in [0.05, 0.1) is 0 Å². The molecule has 0 saturated heterocycles. The van der Waals surface area contributed by atoms with Gasteiger partial charge in [0.25, 0.3) is 5.56 Å². The van der Waals surface area contributed by atoms with E-state index in [-0.39, 0.29) is 11.3 Å². The van der Waals surface area contributed by atoms with Gasteiger partial charge in [-0.2, -0.15) is 0 Å². The van der Waals surface area contributed by atoms with Crippen LogP contribution in [-0.4, -0.2) is 20.6 Å². The van der Waals surface area contributed by atoms with Crippen LogP contribution < -0.4 is 5.56 Å². The molecule has 0 spiro atoms. The number of fused-ring (bicyclic) bond motifs is 1. The van der Waals surface area contributed by atoms with E-state index in [0.717, 1.165) is 5.39 Å². The second-order valence-electron chi connectivity index (χ2n) is 3.15. The Morgan fingerprint density at radius 3 is 2.67 bits per heavy atom. The minimum absolute atomic E-state index is 0.0660. The first-order valence-corrected chi connectivity index (χ1v) is 4.29. The summed E-state index contributed by atoms with van der Waals surface area (Å²) in [7, 11) is 1.56. The summed E-state index contributed by atoms with van der Waals surface area (Å²) in [4.78, 5) is 25.9. The second-order valence-corrected chi connectivity index (χ2v) is 3.15. The van der Waals surface area contributed by atoms with Crippen molar-refractivity contribution in [2.24, 2.45) is 7.05 Å². The smallest absolute Gasteiger partial charge is 0.354 e. The van der Waals surface area contributed by atoms with Crippen molar-refractivity contribution in [3.63, 3.8) is 0 Å². The molecule has 76 valence electrons. The molecule has 1 N–H and O–H groups in total. The SMILES string of the molecule is Cn1c(=O)ccc2ccc(C(=O)O)nc21. The zero-order chi connectivity index (χ0) is 11.0. The van der Waals surface area contributed by atoms with Crippen LogP contribution in [0.4, 0.5) is 0 Å².